The molecule has 4 heteroatoms. The van der Waals surface area contributed by atoms with Gasteiger partial charge in [-0.1, -0.05) is 23.8 Å². The van der Waals surface area contributed by atoms with Gasteiger partial charge in [0.05, 0.1) is 23.8 Å². The number of methoxy groups -OCH3 is 1. The number of hydrogen-bond donors (Lipinski definition) is 0. The molecule has 0 aromatic heterocycles. The molecule has 0 unspecified atom stereocenters. The van der Waals surface area contributed by atoms with Crippen LogP contribution in [0, 0.1) is 11.8 Å². The summed E-state index contributed by atoms with van der Waals surface area (Å²) in [6, 6.07) is 14.8. The van der Waals surface area contributed by atoms with E-state index in [4.69, 9.17) is 4.74 Å². The minimum atomic E-state index is 0.674. The van der Waals surface area contributed by atoms with E-state index >= 15 is 0 Å². The van der Waals surface area contributed by atoms with Crippen LogP contribution >= 0.6 is 0 Å². The fraction of sp³-hybridized carbons (Fsp3) is 0.143. The van der Waals surface area contributed by atoms with E-state index in [1.54, 1.807) is 13.2 Å². The van der Waals surface area contributed by atoms with Crippen molar-refractivity contribution in [3.8, 4) is 5.75 Å². The largest absolute Gasteiger partial charge is 0.497 e. The number of hydrogen-bond acceptors (Lipinski definition) is 3. The van der Waals surface area contributed by atoms with E-state index < -0.39 is 0 Å². The smallest absolute Gasteiger partial charge is 0.121 e. The average molecular weight is 242 g/mol. The lowest BCUT2D eigenvalue weighted by Crippen LogP contribution is -2.07. The van der Waals surface area contributed by atoms with Gasteiger partial charge in [0.2, 0.25) is 0 Å². The van der Waals surface area contributed by atoms with E-state index in [9.17, 15) is 4.91 Å². The second-order valence-electron chi connectivity index (χ2n) is 3.93. The molecule has 0 amide bonds. The van der Waals surface area contributed by atoms with Crippen LogP contribution in [0.25, 0.3) is 0 Å². The molecule has 0 radical (unpaired) electrons. The number of nitroso groups, excluding NO2 is 1. The van der Waals surface area contributed by atoms with Crippen molar-refractivity contribution in [1.82, 2.24) is 0 Å². The molecule has 0 bridgehead atoms. The highest BCUT2D eigenvalue weighted by atomic mass is 16.5. The third kappa shape index (κ3) is 2.48. The van der Waals surface area contributed by atoms with Gasteiger partial charge in [-0.05, 0) is 31.2 Å². The molecule has 0 saturated carbocycles. The van der Waals surface area contributed by atoms with Gasteiger partial charge in [-0.15, -0.1) is 4.91 Å². The van der Waals surface area contributed by atoms with Crippen LogP contribution in [-0.2, 0) is 0 Å². The molecule has 0 N–H and O–H groups in total. The summed E-state index contributed by atoms with van der Waals surface area (Å²) in [6.07, 6.45) is 0. The van der Waals surface area contributed by atoms with Crippen LogP contribution in [-0.4, -0.2) is 7.11 Å². The van der Waals surface area contributed by atoms with E-state index in [0.717, 1.165) is 11.3 Å². The summed E-state index contributed by atoms with van der Waals surface area (Å²) in [4.78, 5) is 11.0. The van der Waals surface area contributed by atoms with Crippen molar-refractivity contribution in [3.05, 3.63) is 59.0 Å². The van der Waals surface area contributed by atoms with Gasteiger partial charge in [-0.3, -0.25) is 0 Å². The summed E-state index contributed by atoms with van der Waals surface area (Å²) in [5, 5.41) is 4.40. The molecule has 0 aliphatic rings. The van der Waals surface area contributed by atoms with Crippen molar-refractivity contribution in [3.63, 3.8) is 0 Å². The molecule has 0 atom stereocenters. The van der Waals surface area contributed by atoms with E-state index in [1.165, 1.54) is 5.01 Å². The minimum absolute atomic E-state index is 0.674. The van der Waals surface area contributed by atoms with Gasteiger partial charge in [0.25, 0.3) is 0 Å². The van der Waals surface area contributed by atoms with Crippen LogP contribution < -0.4 is 9.75 Å². The number of rotatable bonds is 4. The third-order valence-electron chi connectivity index (χ3n) is 2.66. The molecular weight excluding hydrogens is 228 g/mol. The Morgan fingerprint density at radius 1 is 1.06 bits per heavy atom. The molecular formula is C14H14N2O2. The maximum atomic E-state index is 11.0. The topological polar surface area (TPSA) is 41.9 Å². The van der Waals surface area contributed by atoms with Crippen LogP contribution in [0.3, 0.4) is 0 Å². The Morgan fingerprint density at radius 3 is 2.39 bits per heavy atom. The maximum Gasteiger partial charge on any atom is 0.121 e. The quantitative estimate of drug-likeness (QED) is 0.604. The highest BCUT2D eigenvalue weighted by Crippen LogP contribution is 2.28. The lowest BCUT2D eigenvalue weighted by atomic mass is 10.2. The molecule has 4 nitrogen and oxygen atoms in total. The Kier molecular flexibility index (Phi) is 3.57. The predicted molar refractivity (Wildman–Crippen MR) is 72.1 cm³/mol. The Balaban J connectivity index is 2.38. The predicted octanol–water partition coefficient (Wildman–Crippen LogP) is 3.82. The Morgan fingerprint density at radius 2 is 1.78 bits per heavy atom. The highest BCUT2D eigenvalue weighted by molar-refractivity contribution is 5.63. The van der Waals surface area contributed by atoms with E-state index in [2.05, 4.69) is 5.29 Å². The summed E-state index contributed by atoms with van der Waals surface area (Å²) in [7, 11) is 1.59. The van der Waals surface area contributed by atoms with Gasteiger partial charge in [-0.2, -0.15) is 5.01 Å². The molecule has 2 aromatic rings. The van der Waals surface area contributed by atoms with Gasteiger partial charge in [0.15, 0.2) is 0 Å². The van der Waals surface area contributed by atoms with Crippen LogP contribution in [0.5, 0.6) is 5.75 Å². The minimum Gasteiger partial charge on any atom is -0.497 e. The molecule has 0 heterocycles. The van der Waals surface area contributed by atoms with Crippen LogP contribution in [0.1, 0.15) is 5.56 Å². The number of nitrogens with zero attached hydrogens (tertiary/aromatic N) is 2. The summed E-state index contributed by atoms with van der Waals surface area (Å²) in [5.41, 5.74) is 2.53. The molecule has 18 heavy (non-hydrogen) atoms. The number of anilines is 2. The summed E-state index contributed by atoms with van der Waals surface area (Å²) >= 11 is 0. The van der Waals surface area contributed by atoms with Crippen molar-refractivity contribution >= 4 is 11.4 Å². The Hall–Kier alpha value is -2.36. The van der Waals surface area contributed by atoms with Gasteiger partial charge < -0.3 is 4.74 Å². The maximum absolute atomic E-state index is 11.0. The zero-order chi connectivity index (χ0) is 13.0. The fourth-order valence-corrected chi connectivity index (χ4v) is 1.67. The third-order valence-corrected chi connectivity index (χ3v) is 2.66. The first-order valence-corrected chi connectivity index (χ1v) is 5.58. The lowest BCUT2D eigenvalue weighted by molar-refractivity contribution is 0.415. The number of aryl methyl sites for hydroxylation is 1. The molecule has 0 spiro atoms. The summed E-state index contributed by atoms with van der Waals surface area (Å²) < 4.78 is 5.13. The standard InChI is InChI=1S/C14H14N2O2/c1-11-6-8-12(9-7-11)16(15-17)13-4-3-5-14(10-13)18-2/h3-10H,1-2H3. The molecule has 0 saturated heterocycles. The van der Waals surface area contributed by atoms with Gasteiger partial charge in [0, 0.05) is 6.07 Å². The Labute approximate surface area is 106 Å². The normalized spacial score (nSPS) is 9.89. The SMILES string of the molecule is COc1cccc(N(N=O)c2ccc(C)cc2)c1. The molecule has 0 aliphatic heterocycles. The lowest BCUT2D eigenvalue weighted by Gasteiger charge is -2.16. The molecule has 92 valence electrons. The van der Waals surface area contributed by atoms with E-state index in [-0.39, 0.29) is 0 Å². The highest BCUT2D eigenvalue weighted by Gasteiger charge is 2.10. The fourth-order valence-electron chi connectivity index (χ4n) is 1.67. The summed E-state index contributed by atoms with van der Waals surface area (Å²) in [6.45, 7) is 1.99. The zero-order valence-electron chi connectivity index (χ0n) is 10.3. The van der Waals surface area contributed by atoms with Crippen molar-refractivity contribution in [1.29, 1.82) is 0 Å². The van der Waals surface area contributed by atoms with E-state index in [0.29, 0.717) is 11.4 Å². The van der Waals surface area contributed by atoms with Gasteiger partial charge in [-0.25, -0.2) is 0 Å². The second-order valence-corrected chi connectivity index (χ2v) is 3.93. The van der Waals surface area contributed by atoms with Crippen molar-refractivity contribution in [2.24, 2.45) is 5.29 Å². The van der Waals surface area contributed by atoms with E-state index in [1.807, 2.05) is 49.4 Å². The molecule has 0 aliphatic carbocycles. The molecule has 2 rings (SSSR count). The van der Waals surface area contributed by atoms with Crippen molar-refractivity contribution < 1.29 is 4.74 Å². The first-order valence-electron chi connectivity index (χ1n) is 5.58. The Bertz CT molecular complexity index is 538. The van der Waals surface area contributed by atoms with Crippen LogP contribution in [0.2, 0.25) is 0 Å². The second kappa shape index (κ2) is 5.31. The first-order chi connectivity index (χ1) is 8.74. The van der Waals surface area contributed by atoms with Gasteiger partial charge in [0.1, 0.15) is 5.75 Å². The van der Waals surface area contributed by atoms with Crippen molar-refractivity contribution in [2.75, 3.05) is 12.1 Å². The van der Waals surface area contributed by atoms with Crippen LogP contribution in [0.4, 0.5) is 11.4 Å². The zero-order valence-corrected chi connectivity index (χ0v) is 10.3. The number of ether oxygens (including phenoxy) is 1. The summed E-state index contributed by atoms with van der Waals surface area (Å²) in [5.74, 6) is 0.688. The molecule has 0 fully saturated rings. The van der Waals surface area contributed by atoms with Gasteiger partial charge >= 0.3 is 0 Å². The monoisotopic (exact) mass is 242 g/mol. The van der Waals surface area contributed by atoms with Crippen LogP contribution in [0.15, 0.2) is 53.8 Å². The van der Waals surface area contributed by atoms with Crippen molar-refractivity contribution in [2.45, 2.75) is 6.92 Å². The molecule has 2 aromatic carbocycles. The average Bonchev–Trinajstić information content (AvgIpc) is 2.42. The number of benzene rings is 2. The first kappa shape index (κ1) is 12.1.